The number of thiazole rings is 1. The molecule has 1 N–H and O–H groups in total. The van der Waals surface area contributed by atoms with Crippen molar-refractivity contribution in [2.75, 3.05) is 19.5 Å². The van der Waals surface area contributed by atoms with E-state index in [9.17, 15) is 0 Å². The first-order valence-electron chi connectivity index (χ1n) is 6.41. The van der Waals surface area contributed by atoms with Crippen molar-refractivity contribution in [2.24, 2.45) is 0 Å². The van der Waals surface area contributed by atoms with Crippen molar-refractivity contribution in [1.82, 2.24) is 10.3 Å². The molecular formula is C14H16N2O2S2. The van der Waals surface area contributed by atoms with Crippen LogP contribution in [-0.4, -0.2) is 24.5 Å². The van der Waals surface area contributed by atoms with Gasteiger partial charge in [-0.15, -0.1) is 23.1 Å². The van der Waals surface area contributed by atoms with Gasteiger partial charge in [-0.25, -0.2) is 0 Å². The first kappa shape index (κ1) is 13.7. The molecule has 1 aromatic carbocycles. The quantitative estimate of drug-likeness (QED) is 0.860. The Morgan fingerprint density at radius 3 is 2.75 bits per heavy atom. The van der Waals surface area contributed by atoms with Crippen LogP contribution in [0.15, 0.2) is 28.7 Å². The summed E-state index contributed by atoms with van der Waals surface area (Å²) in [7, 11) is 0. The molecule has 106 valence electrons. The lowest BCUT2D eigenvalue weighted by Gasteiger charge is -2.20. The van der Waals surface area contributed by atoms with Crippen molar-refractivity contribution in [3.8, 4) is 11.5 Å². The van der Waals surface area contributed by atoms with Crippen LogP contribution in [0.2, 0.25) is 0 Å². The highest BCUT2D eigenvalue weighted by molar-refractivity contribution is 7.98. The monoisotopic (exact) mass is 308 g/mol. The lowest BCUT2D eigenvalue weighted by Crippen LogP contribution is -2.17. The Bertz CT molecular complexity index is 573. The average Bonchev–Trinajstić information content (AvgIpc) is 3.00. The van der Waals surface area contributed by atoms with Crippen LogP contribution in [0.4, 0.5) is 0 Å². The number of nitrogens with zero attached hydrogens (tertiary/aromatic N) is 1. The molecule has 0 amide bonds. The van der Waals surface area contributed by atoms with Gasteiger partial charge in [-0.1, -0.05) is 0 Å². The second kappa shape index (κ2) is 6.47. The fraction of sp³-hybridized carbons (Fsp3) is 0.357. The van der Waals surface area contributed by atoms with Gasteiger partial charge in [0.05, 0.1) is 5.51 Å². The number of nitrogens with one attached hydrogen (secondary N) is 1. The first-order valence-corrected chi connectivity index (χ1v) is 8.52. The first-order chi connectivity index (χ1) is 9.86. The van der Waals surface area contributed by atoms with Crippen LogP contribution in [0, 0.1) is 0 Å². The average molecular weight is 308 g/mol. The summed E-state index contributed by atoms with van der Waals surface area (Å²) in [6.07, 6.45) is 3.98. The summed E-state index contributed by atoms with van der Waals surface area (Å²) in [6, 6.07) is 4.16. The van der Waals surface area contributed by atoms with E-state index in [1.165, 1.54) is 15.3 Å². The van der Waals surface area contributed by atoms with Crippen LogP contribution in [0.3, 0.4) is 0 Å². The number of rotatable bonds is 5. The van der Waals surface area contributed by atoms with E-state index in [1.54, 1.807) is 23.1 Å². The molecule has 0 radical (unpaired) electrons. The van der Waals surface area contributed by atoms with E-state index < -0.39 is 0 Å². The Balaban J connectivity index is 1.71. The number of hydrogen-bond donors (Lipinski definition) is 1. The normalized spacial score (nSPS) is 13.4. The van der Waals surface area contributed by atoms with Gasteiger partial charge in [-0.2, -0.15) is 0 Å². The lowest BCUT2D eigenvalue weighted by atomic mass is 10.2. The molecule has 2 aromatic rings. The molecule has 0 bridgehead atoms. The predicted molar refractivity (Wildman–Crippen MR) is 81.9 cm³/mol. The van der Waals surface area contributed by atoms with E-state index in [2.05, 4.69) is 28.7 Å². The molecule has 0 spiro atoms. The Kier molecular flexibility index (Phi) is 4.44. The molecule has 0 saturated heterocycles. The van der Waals surface area contributed by atoms with E-state index in [0.29, 0.717) is 13.2 Å². The van der Waals surface area contributed by atoms with Gasteiger partial charge >= 0.3 is 0 Å². The molecule has 4 nitrogen and oxygen atoms in total. The topological polar surface area (TPSA) is 43.4 Å². The minimum atomic E-state index is 0.624. The Morgan fingerprint density at radius 2 is 2.05 bits per heavy atom. The SMILES string of the molecule is CSc1cc2c(cc1CNCc1cncs1)OCCO2. The van der Waals surface area contributed by atoms with Crippen molar-refractivity contribution in [3.05, 3.63) is 34.3 Å². The standard InChI is InChI=1S/C14H16N2O2S2/c1-19-14-5-13-12(17-2-3-18-13)4-10(14)6-15-7-11-8-16-9-20-11/h4-5,8-9,15H,2-3,6-7H2,1H3. The largest absolute Gasteiger partial charge is 0.486 e. The smallest absolute Gasteiger partial charge is 0.162 e. The van der Waals surface area contributed by atoms with E-state index in [4.69, 9.17) is 9.47 Å². The number of ether oxygens (including phenoxy) is 2. The maximum absolute atomic E-state index is 5.65. The van der Waals surface area contributed by atoms with Crippen molar-refractivity contribution in [1.29, 1.82) is 0 Å². The molecule has 0 aliphatic carbocycles. The van der Waals surface area contributed by atoms with E-state index in [0.717, 1.165) is 24.6 Å². The number of benzene rings is 1. The molecular weight excluding hydrogens is 292 g/mol. The minimum Gasteiger partial charge on any atom is -0.486 e. The molecule has 1 aliphatic heterocycles. The van der Waals surface area contributed by atoms with Crippen molar-refractivity contribution < 1.29 is 9.47 Å². The molecule has 0 unspecified atom stereocenters. The zero-order valence-corrected chi connectivity index (χ0v) is 12.9. The molecule has 2 heterocycles. The Labute approximate surface area is 126 Å². The Morgan fingerprint density at radius 1 is 1.25 bits per heavy atom. The molecule has 0 saturated carbocycles. The minimum absolute atomic E-state index is 0.624. The van der Waals surface area contributed by atoms with Crippen LogP contribution < -0.4 is 14.8 Å². The van der Waals surface area contributed by atoms with Gasteiger partial charge in [0, 0.05) is 29.1 Å². The van der Waals surface area contributed by atoms with Crippen molar-refractivity contribution >= 4 is 23.1 Å². The van der Waals surface area contributed by atoms with Crippen LogP contribution in [-0.2, 0) is 13.1 Å². The fourth-order valence-corrected chi connectivity index (χ4v) is 3.27. The summed E-state index contributed by atoms with van der Waals surface area (Å²) in [6.45, 7) is 2.90. The molecule has 0 atom stereocenters. The van der Waals surface area contributed by atoms with Gasteiger partial charge in [0.15, 0.2) is 11.5 Å². The van der Waals surface area contributed by atoms with Crippen molar-refractivity contribution in [3.63, 3.8) is 0 Å². The van der Waals surface area contributed by atoms with Gasteiger partial charge < -0.3 is 14.8 Å². The number of hydrogen-bond acceptors (Lipinski definition) is 6. The van der Waals surface area contributed by atoms with Gasteiger partial charge in [0.1, 0.15) is 13.2 Å². The highest BCUT2D eigenvalue weighted by Crippen LogP contribution is 2.36. The zero-order valence-electron chi connectivity index (χ0n) is 11.2. The second-order valence-corrected chi connectivity index (χ2v) is 6.20. The van der Waals surface area contributed by atoms with Gasteiger partial charge in [0.2, 0.25) is 0 Å². The highest BCUT2D eigenvalue weighted by atomic mass is 32.2. The summed E-state index contributed by atoms with van der Waals surface area (Å²) < 4.78 is 11.3. The van der Waals surface area contributed by atoms with Crippen LogP contribution in [0.25, 0.3) is 0 Å². The molecule has 6 heteroatoms. The number of thioether (sulfide) groups is 1. The van der Waals surface area contributed by atoms with Crippen LogP contribution >= 0.6 is 23.1 Å². The predicted octanol–water partition coefficient (Wildman–Crippen LogP) is 2.93. The lowest BCUT2D eigenvalue weighted by molar-refractivity contribution is 0.171. The third-order valence-electron chi connectivity index (χ3n) is 3.04. The number of aromatic nitrogens is 1. The van der Waals surface area contributed by atoms with Crippen molar-refractivity contribution in [2.45, 2.75) is 18.0 Å². The van der Waals surface area contributed by atoms with E-state index in [1.807, 2.05) is 11.7 Å². The maximum atomic E-state index is 5.65. The third-order valence-corrected chi connectivity index (χ3v) is 4.64. The van der Waals surface area contributed by atoms with Crippen LogP contribution in [0.1, 0.15) is 10.4 Å². The summed E-state index contributed by atoms with van der Waals surface area (Å²) in [5, 5.41) is 3.45. The molecule has 0 fully saturated rings. The highest BCUT2D eigenvalue weighted by Gasteiger charge is 2.15. The second-order valence-electron chi connectivity index (χ2n) is 4.38. The molecule has 1 aliphatic rings. The summed E-state index contributed by atoms with van der Waals surface area (Å²) >= 11 is 3.40. The molecule has 20 heavy (non-hydrogen) atoms. The summed E-state index contributed by atoms with van der Waals surface area (Å²) in [4.78, 5) is 6.55. The van der Waals surface area contributed by atoms with E-state index >= 15 is 0 Å². The summed E-state index contributed by atoms with van der Waals surface area (Å²) in [5.41, 5.74) is 3.10. The van der Waals surface area contributed by atoms with Gasteiger partial charge in [0.25, 0.3) is 0 Å². The fourth-order valence-electron chi connectivity index (χ4n) is 2.09. The van der Waals surface area contributed by atoms with E-state index in [-0.39, 0.29) is 0 Å². The van der Waals surface area contributed by atoms with Crippen LogP contribution in [0.5, 0.6) is 11.5 Å². The zero-order chi connectivity index (χ0) is 13.8. The number of fused-ring (bicyclic) bond motifs is 1. The maximum Gasteiger partial charge on any atom is 0.162 e. The Hall–Kier alpha value is -1.24. The summed E-state index contributed by atoms with van der Waals surface area (Å²) in [5.74, 6) is 1.70. The molecule has 3 rings (SSSR count). The van der Waals surface area contributed by atoms with Gasteiger partial charge in [-0.05, 0) is 24.0 Å². The van der Waals surface area contributed by atoms with Gasteiger partial charge in [-0.3, -0.25) is 4.98 Å². The third kappa shape index (κ3) is 3.08. The molecule has 1 aromatic heterocycles.